The van der Waals surface area contributed by atoms with E-state index in [1.54, 1.807) is 0 Å². The van der Waals surface area contributed by atoms with Crippen molar-refractivity contribution in [1.29, 1.82) is 0 Å². The molecule has 1 aromatic rings. The molecule has 0 aliphatic heterocycles. The fraction of sp³-hybridized carbons (Fsp3) is 0.429. The molecule has 0 radical (unpaired) electrons. The molecular formula is C14H13F3O. The standard InChI is InChI=1S/C14H13F3O/c15-11-8-10(9-12(16)13(11)17)4-7-14(18)5-2-1-3-6-14/h8-9,18H,1-3,5-6H2. The Morgan fingerprint density at radius 1 is 1.00 bits per heavy atom. The highest BCUT2D eigenvalue weighted by Gasteiger charge is 2.26. The van der Waals surface area contributed by atoms with Crippen LogP contribution in [-0.4, -0.2) is 10.7 Å². The minimum absolute atomic E-state index is 0.0328. The summed E-state index contributed by atoms with van der Waals surface area (Å²) in [5.74, 6) is 1.12. The van der Waals surface area contributed by atoms with Gasteiger partial charge in [0.15, 0.2) is 17.5 Å². The van der Waals surface area contributed by atoms with Crippen LogP contribution in [0.3, 0.4) is 0 Å². The Morgan fingerprint density at radius 2 is 1.56 bits per heavy atom. The Labute approximate surface area is 104 Å². The van der Waals surface area contributed by atoms with E-state index in [-0.39, 0.29) is 5.56 Å². The largest absolute Gasteiger partial charge is 0.378 e. The van der Waals surface area contributed by atoms with Crippen LogP contribution in [0.4, 0.5) is 13.2 Å². The van der Waals surface area contributed by atoms with Gasteiger partial charge in [0.1, 0.15) is 5.60 Å². The first kappa shape index (κ1) is 13.0. The highest BCUT2D eigenvalue weighted by atomic mass is 19.2. The van der Waals surface area contributed by atoms with Gasteiger partial charge >= 0.3 is 0 Å². The third-order valence-electron chi connectivity index (χ3n) is 3.10. The lowest BCUT2D eigenvalue weighted by molar-refractivity contribution is 0.0610. The third kappa shape index (κ3) is 2.85. The van der Waals surface area contributed by atoms with Gasteiger partial charge in [0.2, 0.25) is 0 Å². The van der Waals surface area contributed by atoms with Gasteiger partial charge in [0, 0.05) is 5.56 Å². The van der Waals surface area contributed by atoms with Gasteiger partial charge in [0.05, 0.1) is 0 Å². The number of hydrogen-bond donors (Lipinski definition) is 1. The molecule has 1 saturated carbocycles. The van der Waals surface area contributed by atoms with Gasteiger partial charge in [0.25, 0.3) is 0 Å². The molecule has 0 aromatic heterocycles. The van der Waals surface area contributed by atoms with Gasteiger partial charge < -0.3 is 5.11 Å². The Balaban J connectivity index is 2.24. The maximum atomic E-state index is 13.0. The van der Waals surface area contributed by atoms with Crippen molar-refractivity contribution >= 4 is 0 Å². The predicted octanol–water partition coefficient (Wildman–Crippen LogP) is 3.15. The van der Waals surface area contributed by atoms with Crippen LogP contribution in [0.25, 0.3) is 0 Å². The fourth-order valence-corrected chi connectivity index (χ4v) is 2.08. The SMILES string of the molecule is OC1(C#Cc2cc(F)c(F)c(F)c2)CCCCC1. The first-order valence-electron chi connectivity index (χ1n) is 5.90. The van der Waals surface area contributed by atoms with Crippen molar-refractivity contribution in [2.45, 2.75) is 37.7 Å². The van der Waals surface area contributed by atoms with E-state index in [4.69, 9.17) is 0 Å². The van der Waals surface area contributed by atoms with Crippen molar-refractivity contribution in [3.8, 4) is 11.8 Å². The molecule has 1 aliphatic rings. The zero-order valence-electron chi connectivity index (χ0n) is 9.77. The van der Waals surface area contributed by atoms with Crippen LogP contribution in [0.5, 0.6) is 0 Å². The van der Waals surface area contributed by atoms with E-state index in [9.17, 15) is 18.3 Å². The highest BCUT2D eigenvalue weighted by Crippen LogP contribution is 2.27. The summed E-state index contributed by atoms with van der Waals surface area (Å²) in [7, 11) is 0. The summed E-state index contributed by atoms with van der Waals surface area (Å²) < 4.78 is 38.6. The van der Waals surface area contributed by atoms with E-state index in [0.717, 1.165) is 31.4 Å². The summed E-state index contributed by atoms with van der Waals surface area (Å²) >= 11 is 0. The van der Waals surface area contributed by atoms with Crippen molar-refractivity contribution in [2.24, 2.45) is 0 Å². The van der Waals surface area contributed by atoms with Crippen LogP contribution >= 0.6 is 0 Å². The van der Waals surface area contributed by atoms with Gasteiger partial charge in [-0.1, -0.05) is 18.3 Å². The number of halogens is 3. The maximum Gasteiger partial charge on any atom is 0.194 e. The van der Waals surface area contributed by atoms with Gasteiger partial charge in [-0.15, -0.1) is 0 Å². The zero-order valence-corrected chi connectivity index (χ0v) is 9.77. The molecule has 0 saturated heterocycles. The van der Waals surface area contributed by atoms with Crippen LogP contribution in [0.15, 0.2) is 12.1 Å². The second-order valence-electron chi connectivity index (χ2n) is 4.60. The lowest BCUT2D eigenvalue weighted by Gasteiger charge is -2.26. The van der Waals surface area contributed by atoms with Gasteiger partial charge in [-0.05, 0) is 37.8 Å². The normalized spacial score (nSPS) is 18.0. The van der Waals surface area contributed by atoms with Gasteiger partial charge in [-0.3, -0.25) is 0 Å². The second kappa shape index (κ2) is 5.03. The highest BCUT2D eigenvalue weighted by molar-refractivity contribution is 5.37. The molecule has 0 amide bonds. The summed E-state index contributed by atoms with van der Waals surface area (Å²) in [6.07, 6.45) is 3.96. The molecule has 1 nitrogen and oxygen atoms in total. The summed E-state index contributed by atoms with van der Waals surface area (Å²) in [5, 5.41) is 10.1. The minimum atomic E-state index is -1.50. The molecule has 2 rings (SSSR count). The molecule has 0 spiro atoms. The number of aliphatic hydroxyl groups is 1. The van der Waals surface area contributed by atoms with Crippen molar-refractivity contribution in [3.63, 3.8) is 0 Å². The second-order valence-corrected chi connectivity index (χ2v) is 4.60. The molecule has 0 atom stereocenters. The number of hydrogen-bond acceptors (Lipinski definition) is 1. The molecule has 4 heteroatoms. The predicted molar refractivity (Wildman–Crippen MR) is 61.2 cm³/mol. The maximum absolute atomic E-state index is 13.0. The average Bonchev–Trinajstić information content (AvgIpc) is 2.34. The fourth-order valence-electron chi connectivity index (χ4n) is 2.08. The van der Waals surface area contributed by atoms with Crippen LogP contribution in [0, 0.1) is 29.3 Å². The average molecular weight is 254 g/mol. The molecule has 1 fully saturated rings. The van der Waals surface area contributed by atoms with Gasteiger partial charge in [-0.25, -0.2) is 13.2 Å². The van der Waals surface area contributed by atoms with E-state index in [1.165, 1.54) is 0 Å². The Hall–Kier alpha value is -1.47. The molecular weight excluding hydrogens is 241 g/mol. The van der Waals surface area contributed by atoms with Gasteiger partial charge in [-0.2, -0.15) is 0 Å². The molecule has 18 heavy (non-hydrogen) atoms. The lowest BCUT2D eigenvalue weighted by atomic mass is 9.85. The summed E-state index contributed by atoms with van der Waals surface area (Å²) in [4.78, 5) is 0. The zero-order chi connectivity index (χ0) is 13.2. The molecule has 0 heterocycles. The quantitative estimate of drug-likeness (QED) is 0.557. The van der Waals surface area contributed by atoms with E-state index >= 15 is 0 Å². The topological polar surface area (TPSA) is 20.2 Å². The third-order valence-corrected chi connectivity index (χ3v) is 3.10. The minimum Gasteiger partial charge on any atom is -0.378 e. The Morgan fingerprint density at radius 3 is 2.11 bits per heavy atom. The smallest absolute Gasteiger partial charge is 0.194 e. The first-order valence-corrected chi connectivity index (χ1v) is 5.90. The molecule has 96 valence electrons. The van der Waals surface area contributed by atoms with Crippen LogP contribution < -0.4 is 0 Å². The van der Waals surface area contributed by atoms with Crippen molar-refractivity contribution in [1.82, 2.24) is 0 Å². The Bertz CT molecular complexity index is 485. The van der Waals surface area contributed by atoms with Crippen LogP contribution in [0.1, 0.15) is 37.7 Å². The number of benzene rings is 1. The van der Waals surface area contributed by atoms with E-state index in [1.807, 2.05) is 0 Å². The molecule has 1 aliphatic carbocycles. The van der Waals surface area contributed by atoms with Crippen molar-refractivity contribution < 1.29 is 18.3 Å². The summed E-state index contributed by atoms with van der Waals surface area (Å²) in [5.41, 5.74) is -1.05. The van der Waals surface area contributed by atoms with Crippen LogP contribution in [-0.2, 0) is 0 Å². The van der Waals surface area contributed by atoms with Crippen molar-refractivity contribution in [2.75, 3.05) is 0 Å². The summed E-state index contributed by atoms with van der Waals surface area (Å²) in [6, 6.07) is 1.66. The Kier molecular flexibility index (Phi) is 3.63. The van der Waals surface area contributed by atoms with E-state index in [0.29, 0.717) is 12.8 Å². The molecule has 0 bridgehead atoms. The van der Waals surface area contributed by atoms with E-state index < -0.39 is 23.1 Å². The molecule has 1 aromatic carbocycles. The van der Waals surface area contributed by atoms with E-state index in [2.05, 4.69) is 11.8 Å². The first-order chi connectivity index (χ1) is 8.50. The molecule has 1 N–H and O–H groups in total. The van der Waals surface area contributed by atoms with Crippen molar-refractivity contribution in [3.05, 3.63) is 35.1 Å². The lowest BCUT2D eigenvalue weighted by Crippen LogP contribution is -2.29. The molecule has 0 unspecified atom stereocenters. The number of rotatable bonds is 0. The van der Waals surface area contributed by atoms with Crippen LogP contribution in [0.2, 0.25) is 0 Å². The monoisotopic (exact) mass is 254 g/mol. The summed E-state index contributed by atoms with van der Waals surface area (Å²) in [6.45, 7) is 0.